The van der Waals surface area contributed by atoms with Gasteiger partial charge in [0.2, 0.25) is 0 Å². The Morgan fingerprint density at radius 3 is 2.55 bits per heavy atom. The van der Waals surface area contributed by atoms with Gasteiger partial charge in [-0.3, -0.25) is 4.79 Å². The van der Waals surface area contributed by atoms with Crippen LogP contribution in [-0.2, 0) is 14.3 Å². The average Bonchev–Trinajstić information content (AvgIpc) is 2.82. The van der Waals surface area contributed by atoms with Crippen LogP contribution in [0.3, 0.4) is 0 Å². The lowest BCUT2D eigenvalue weighted by Gasteiger charge is -2.36. The fourth-order valence-electron chi connectivity index (χ4n) is 4.74. The molecule has 5 nitrogen and oxygen atoms in total. The molecule has 6 heteroatoms. The van der Waals surface area contributed by atoms with Crippen molar-refractivity contribution < 1.29 is 19.1 Å². The molecule has 0 saturated carbocycles. The van der Waals surface area contributed by atoms with Gasteiger partial charge in [-0.25, -0.2) is 4.79 Å². The van der Waals surface area contributed by atoms with Crippen molar-refractivity contribution in [2.24, 2.45) is 0 Å². The molecule has 0 amide bonds. The van der Waals surface area contributed by atoms with E-state index < -0.39 is 5.92 Å². The highest BCUT2D eigenvalue weighted by Crippen LogP contribution is 2.46. The Balaban J connectivity index is 1.80. The van der Waals surface area contributed by atoms with E-state index in [-0.39, 0.29) is 17.7 Å². The quantitative estimate of drug-likeness (QED) is 0.500. The van der Waals surface area contributed by atoms with Crippen LogP contribution >= 0.6 is 15.9 Å². The predicted octanol–water partition coefficient (Wildman–Crippen LogP) is 5.77. The second-order valence-electron chi connectivity index (χ2n) is 8.46. The summed E-state index contributed by atoms with van der Waals surface area (Å²) in [6.07, 6.45) is 1.86. The smallest absolute Gasteiger partial charge is 0.336 e. The number of ether oxygens (including phenoxy) is 2. The molecule has 2 atom stereocenters. The van der Waals surface area contributed by atoms with E-state index in [1.165, 1.54) is 0 Å². The molecule has 0 aromatic heterocycles. The lowest BCUT2D eigenvalue weighted by atomic mass is 9.71. The Morgan fingerprint density at radius 2 is 1.88 bits per heavy atom. The van der Waals surface area contributed by atoms with Crippen LogP contribution in [0.25, 0.3) is 0 Å². The number of Topliss-reactive ketones (excluding diaryl/α,β-unsaturated/α-hetero) is 1. The maximum Gasteiger partial charge on any atom is 0.336 e. The summed E-state index contributed by atoms with van der Waals surface area (Å²) in [5, 5.41) is 3.39. The van der Waals surface area contributed by atoms with Gasteiger partial charge in [0.05, 0.1) is 23.8 Å². The highest BCUT2D eigenvalue weighted by Gasteiger charge is 2.41. The van der Waals surface area contributed by atoms with Crippen LogP contribution in [0.15, 0.2) is 75.5 Å². The van der Waals surface area contributed by atoms with Gasteiger partial charge in [-0.2, -0.15) is 0 Å². The largest absolute Gasteiger partial charge is 0.496 e. The summed E-state index contributed by atoms with van der Waals surface area (Å²) >= 11 is 3.56. The third-order valence-corrected chi connectivity index (χ3v) is 6.88. The molecule has 0 fully saturated rings. The average molecular weight is 510 g/mol. The molecule has 0 spiro atoms. The molecule has 1 aliphatic heterocycles. The van der Waals surface area contributed by atoms with Crippen LogP contribution in [0.1, 0.15) is 56.1 Å². The molecule has 0 saturated heterocycles. The van der Waals surface area contributed by atoms with Gasteiger partial charge >= 0.3 is 5.97 Å². The number of hydrogen-bond donors (Lipinski definition) is 1. The summed E-state index contributed by atoms with van der Waals surface area (Å²) in [5.74, 6) is -0.0189. The SMILES string of the molecule is CCCOC(=O)C1=C(C)NC2=C(C(=O)C[C@@H](c3ccccc3)C2)[C@@H]1c1ccc(OC)c(Br)c1. The molecule has 0 unspecified atom stereocenters. The second-order valence-corrected chi connectivity index (χ2v) is 9.31. The fraction of sp³-hybridized carbons (Fsp3) is 0.333. The van der Waals surface area contributed by atoms with Crippen molar-refractivity contribution in [2.45, 2.75) is 44.9 Å². The molecule has 4 rings (SSSR count). The van der Waals surface area contributed by atoms with Gasteiger partial charge in [0, 0.05) is 29.3 Å². The first-order valence-electron chi connectivity index (χ1n) is 11.2. The van der Waals surface area contributed by atoms with Gasteiger partial charge in [0.25, 0.3) is 0 Å². The number of benzene rings is 2. The number of rotatable bonds is 6. The number of dihydropyridines is 1. The number of esters is 1. The zero-order chi connectivity index (χ0) is 23.5. The first-order chi connectivity index (χ1) is 15.9. The molecule has 33 heavy (non-hydrogen) atoms. The van der Waals surface area contributed by atoms with Gasteiger partial charge in [-0.1, -0.05) is 43.3 Å². The second kappa shape index (κ2) is 9.96. The maximum absolute atomic E-state index is 13.6. The van der Waals surface area contributed by atoms with Crippen LogP contribution in [0.2, 0.25) is 0 Å². The Morgan fingerprint density at radius 1 is 1.12 bits per heavy atom. The Bertz CT molecular complexity index is 1140. The normalized spacial score (nSPS) is 20.3. The minimum atomic E-state index is -0.489. The molecule has 2 aliphatic rings. The number of carbonyl (C=O) groups excluding carboxylic acids is 2. The first-order valence-corrected chi connectivity index (χ1v) is 12.0. The molecule has 0 bridgehead atoms. The van der Waals surface area contributed by atoms with Crippen molar-refractivity contribution in [3.8, 4) is 5.75 Å². The highest BCUT2D eigenvalue weighted by atomic mass is 79.9. The minimum Gasteiger partial charge on any atom is -0.496 e. The van der Waals surface area contributed by atoms with Crippen molar-refractivity contribution in [1.29, 1.82) is 0 Å². The summed E-state index contributed by atoms with van der Waals surface area (Å²) < 4.78 is 11.7. The van der Waals surface area contributed by atoms with Crippen molar-refractivity contribution in [3.63, 3.8) is 0 Å². The van der Waals surface area contributed by atoms with E-state index in [2.05, 4.69) is 33.4 Å². The molecule has 1 N–H and O–H groups in total. The van der Waals surface area contributed by atoms with E-state index in [4.69, 9.17) is 9.47 Å². The lowest BCUT2D eigenvalue weighted by Crippen LogP contribution is -2.36. The molecule has 1 aliphatic carbocycles. The van der Waals surface area contributed by atoms with Crippen molar-refractivity contribution in [2.75, 3.05) is 13.7 Å². The molecule has 0 radical (unpaired) electrons. The van der Waals surface area contributed by atoms with Crippen molar-refractivity contribution in [3.05, 3.63) is 86.7 Å². The fourth-order valence-corrected chi connectivity index (χ4v) is 5.30. The van der Waals surface area contributed by atoms with Gasteiger partial charge in [-0.05, 0) is 64.9 Å². The van der Waals surface area contributed by atoms with Crippen LogP contribution in [-0.4, -0.2) is 25.5 Å². The van der Waals surface area contributed by atoms with Gasteiger partial charge in [-0.15, -0.1) is 0 Å². The summed E-state index contributed by atoms with van der Waals surface area (Å²) in [6.45, 7) is 4.18. The summed E-state index contributed by atoms with van der Waals surface area (Å²) in [4.78, 5) is 26.7. The van der Waals surface area contributed by atoms with E-state index in [1.807, 2.05) is 50.2 Å². The number of nitrogens with one attached hydrogen (secondary N) is 1. The predicted molar refractivity (Wildman–Crippen MR) is 131 cm³/mol. The topological polar surface area (TPSA) is 64.6 Å². The van der Waals surface area contributed by atoms with Gasteiger partial charge in [0.15, 0.2) is 5.78 Å². The molecule has 1 heterocycles. The molecule has 2 aromatic carbocycles. The maximum atomic E-state index is 13.6. The standard InChI is InChI=1S/C27H28BrNO4/c1-4-12-33-27(31)24-16(2)29-21-14-19(17-8-6-5-7-9-17)15-22(30)26(21)25(24)18-10-11-23(32-3)20(28)13-18/h5-11,13,19,25,29H,4,12,14-15H2,1-3H3/t19-,25+/m0/s1. The van der Waals surface area contributed by atoms with Crippen LogP contribution in [0.4, 0.5) is 0 Å². The molecular formula is C27H28BrNO4. The summed E-state index contributed by atoms with van der Waals surface area (Å²) in [6, 6.07) is 15.8. The Labute approximate surface area is 203 Å². The lowest BCUT2D eigenvalue weighted by molar-refractivity contribution is -0.139. The van der Waals surface area contributed by atoms with E-state index >= 15 is 0 Å². The van der Waals surface area contributed by atoms with Crippen molar-refractivity contribution in [1.82, 2.24) is 5.32 Å². The molecular weight excluding hydrogens is 482 g/mol. The minimum absolute atomic E-state index is 0.0582. The third-order valence-electron chi connectivity index (χ3n) is 6.26. The van der Waals surface area contributed by atoms with Crippen molar-refractivity contribution >= 4 is 27.7 Å². The number of methoxy groups -OCH3 is 1. The number of carbonyl (C=O) groups is 2. The summed E-state index contributed by atoms with van der Waals surface area (Å²) in [7, 11) is 1.61. The highest BCUT2D eigenvalue weighted by molar-refractivity contribution is 9.10. The van der Waals surface area contributed by atoms with Crippen LogP contribution < -0.4 is 10.1 Å². The van der Waals surface area contributed by atoms with Crippen LogP contribution in [0.5, 0.6) is 5.75 Å². The first kappa shape index (κ1) is 23.3. The van der Waals surface area contributed by atoms with E-state index in [0.29, 0.717) is 36.3 Å². The zero-order valence-electron chi connectivity index (χ0n) is 19.1. The van der Waals surface area contributed by atoms with Crippen LogP contribution in [0, 0.1) is 0 Å². The third kappa shape index (κ3) is 4.62. The zero-order valence-corrected chi connectivity index (χ0v) is 20.7. The number of ketones is 1. The van der Waals surface area contributed by atoms with E-state index in [0.717, 1.165) is 33.4 Å². The van der Waals surface area contributed by atoms with Gasteiger partial charge in [0.1, 0.15) is 5.75 Å². The van der Waals surface area contributed by atoms with E-state index in [1.54, 1.807) is 7.11 Å². The van der Waals surface area contributed by atoms with E-state index in [9.17, 15) is 9.59 Å². The number of halogens is 1. The number of allylic oxidation sites excluding steroid dienone is 3. The Kier molecular flexibility index (Phi) is 7.03. The Hall–Kier alpha value is -2.86. The molecule has 172 valence electrons. The summed E-state index contributed by atoms with van der Waals surface area (Å²) in [5.41, 5.74) is 4.78. The number of hydrogen-bond acceptors (Lipinski definition) is 5. The monoisotopic (exact) mass is 509 g/mol. The molecule has 2 aromatic rings. The van der Waals surface area contributed by atoms with Gasteiger partial charge < -0.3 is 14.8 Å².